The summed E-state index contributed by atoms with van der Waals surface area (Å²) in [7, 11) is 0. The van der Waals surface area contributed by atoms with E-state index < -0.39 is 6.09 Å². The number of nitrogens with zero attached hydrogens (tertiary/aromatic N) is 3. The Morgan fingerprint density at radius 3 is 2.93 bits per heavy atom. The molecule has 2 amide bonds. The van der Waals surface area contributed by atoms with Crippen molar-refractivity contribution in [2.45, 2.75) is 39.2 Å². The van der Waals surface area contributed by atoms with Crippen molar-refractivity contribution in [1.82, 2.24) is 20.0 Å². The highest BCUT2D eigenvalue weighted by Crippen LogP contribution is 2.31. The number of hydrogen-bond donors (Lipinski definition) is 1. The number of ether oxygens (including phenoxy) is 1. The van der Waals surface area contributed by atoms with Crippen LogP contribution in [0.3, 0.4) is 0 Å². The molecule has 2 aromatic rings. The lowest BCUT2D eigenvalue weighted by Crippen LogP contribution is -2.40. The highest BCUT2D eigenvalue weighted by atomic mass is 16.6. The molecule has 7 heteroatoms. The topological polar surface area (TPSA) is 76.5 Å². The number of nitrogens with one attached hydrogen (secondary N) is 1. The van der Waals surface area contributed by atoms with Crippen LogP contribution in [0.5, 0.6) is 0 Å². The van der Waals surface area contributed by atoms with Crippen LogP contribution in [0.25, 0.3) is 5.69 Å². The van der Waals surface area contributed by atoms with Gasteiger partial charge in [-0.15, -0.1) is 0 Å². The summed E-state index contributed by atoms with van der Waals surface area (Å²) in [5.41, 5.74) is 5.75. The Morgan fingerprint density at radius 2 is 2.19 bits per heavy atom. The molecular formula is C20H24N4O3. The highest BCUT2D eigenvalue weighted by molar-refractivity contribution is 5.83. The number of rotatable bonds is 4. The van der Waals surface area contributed by atoms with Crippen molar-refractivity contribution in [1.29, 1.82) is 0 Å². The predicted octanol–water partition coefficient (Wildman–Crippen LogP) is 2.43. The third-order valence-corrected chi connectivity index (χ3v) is 5.43. The van der Waals surface area contributed by atoms with E-state index in [1.807, 2.05) is 10.9 Å². The molecule has 4 rings (SSSR count). The molecule has 1 aromatic carbocycles. The van der Waals surface area contributed by atoms with Gasteiger partial charge in [0.25, 0.3) is 0 Å². The smallest absolute Gasteiger partial charge is 0.410 e. The van der Waals surface area contributed by atoms with Gasteiger partial charge in [0.1, 0.15) is 13.2 Å². The van der Waals surface area contributed by atoms with E-state index in [-0.39, 0.29) is 18.5 Å². The van der Waals surface area contributed by atoms with Crippen molar-refractivity contribution in [3.8, 4) is 5.69 Å². The number of carbonyl (C=O) groups excluding carboxylic acids is 2. The Balaban J connectivity index is 1.52. The molecule has 142 valence electrons. The summed E-state index contributed by atoms with van der Waals surface area (Å²) < 4.78 is 6.86. The average molecular weight is 368 g/mol. The molecule has 0 radical (unpaired) electrons. The maximum atomic E-state index is 12.4. The zero-order valence-electron chi connectivity index (χ0n) is 15.7. The van der Waals surface area contributed by atoms with Crippen molar-refractivity contribution < 1.29 is 14.3 Å². The minimum Gasteiger partial charge on any atom is -0.448 e. The van der Waals surface area contributed by atoms with Crippen molar-refractivity contribution in [3.05, 3.63) is 46.8 Å². The fourth-order valence-corrected chi connectivity index (χ4v) is 3.77. The first-order chi connectivity index (χ1) is 13.0. The summed E-state index contributed by atoms with van der Waals surface area (Å²) >= 11 is 0. The molecule has 1 aromatic heterocycles. The SMILES string of the molecule is Cc1ccc(-n2ncc3c2CCC[C@H]3NC(=O)CN2CCOC2=O)cc1C. The van der Waals surface area contributed by atoms with E-state index in [1.165, 1.54) is 16.0 Å². The van der Waals surface area contributed by atoms with Gasteiger partial charge in [0.2, 0.25) is 5.91 Å². The Morgan fingerprint density at radius 1 is 1.33 bits per heavy atom. The van der Waals surface area contributed by atoms with Gasteiger partial charge in [0.05, 0.1) is 24.5 Å². The summed E-state index contributed by atoms with van der Waals surface area (Å²) in [6, 6.07) is 6.26. The number of benzene rings is 1. The van der Waals surface area contributed by atoms with Crippen LogP contribution in [-0.4, -0.2) is 46.4 Å². The van der Waals surface area contributed by atoms with Gasteiger partial charge < -0.3 is 10.1 Å². The third-order valence-electron chi connectivity index (χ3n) is 5.43. The first kappa shape index (κ1) is 17.6. The summed E-state index contributed by atoms with van der Waals surface area (Å²) in [4.78, 5) is 25.3. The number of fused-ring (bicyclic) bond motifs is 1. The molecule has 0 bridgehead atoms. The van der Waals surface area contributed by atoms with Crippen molar-refractivity contribution in [3.63, 3.8) is 0 Å². The molecule has 1 fully saturated rings. The van der Waals surface area contributed by atoms with Crippen LogP contribution in [0.4, 0.5) is 4.79 Å². The second-order valence-electron chi connectivity index (χ2n) is 7.28. The summed E-state index contributed by atoms with van der Waals surface area (Å²) in [6.45, 7) is 5.05. The number of aryl methyl sites for hydroxylation is 2. The number of hydrogen-bond acceptors (Lipinski definition) is 4. The minimum atomic E-state index is -0.419. The van der Waals surface area contributed by atoms with Crippen LogP contribution in [0.15, 0.2) is 24.4 Å². The molecule has 2 aliphatic rings. The van der Waals surface area contributed by atoms with Crippen LogP contribution >= 0.6 is 0 Å². The largest absolute Gasteiger partial charge is 0.448 e. The Hall–Kier alpha value is -2.83. The standard InChI is InChI=1S/C20H24N4O3/c1-13-6-7-15(10-14(13)2)24-18-5-3-4-17(16(18)11-21-24)22-19(25)12-23-8-9-27-20(23)26/h6-7,10-11,17H,3-5,8-9,12H2,1-2H3,(H,22,25)/t17-/m1/s1. The molecular weight excluding hydrogens is 344 g/mol. The zero-order valence-corrected chi connectivity index (χ0v) is 15.7. The molecule has 1 saturated heterocycles. The van der Waals surface area contributed by atoms with E-state index >= 15 is 0 Å². The van der Waals surface area contributed by atoms with Crippen LogP contribution in [-0.2, 0) is 16.0 Å². The molecule has 0 spiro atoms. The maximum Gasteiger partial charge on any atom is 0.410 e. The van der Waals surface area contributed by atoms with Gasteiger partial charge in [-0.05, 0) is 56.4 Å². The number of aromatic nitrogens is 2. The average Bonchev–Trinajstić information content (AvgIpc) is 3.25. The molecule has 1 aliphatic heterocycles. The number of carbonyl (C=O) groups is 2. The fraction of sp³-hybridized carbons (Fsp3) is 0.450. The molecule has 0 saturated carbocycles. The number of amides is 2. The third kappa shape index (κ3) is 3.41. The van der Waals surface area contributed by atoms with Crippen LogP contribution in [0, 0.1) is 13.8 Å². The van der Waals surface area contributed by atoms with Crippen molar-refractivity contribution >= 4 is 12.0 Å². The van der Waals surface area contributed by atoms with Gasteiger partial charge >= 0.3 is 6.09 Å². The molecule has 2 heterocycles. The molecule has 1 aliphatic carbocycles. The van der Waals surface area contributed by atoms with Crippen molar-refractivity contribution in [2.24, 2.45) is 0 Å². The van der Waals surface area contributed by atoms with Crippen molar-refractivity contribution in [2.75, 3.05) is 19.7 Å². The van der Waals surface area contributed by atoms with Crippen LogP contribution in [0.2, 0.25) is 0 Å². The Kier molecular flexibility index (Phi) is 4.59. The lowest BCUT2D eigenvalue weighted by atomic mass is 9.92. The van der Waals surface area contributed by atoms with Gasteiger partial charge in [-0.1, -0.05) is 6.07 Å². The fourth-order valence-electron chi connectivity index (χ4n) is 3.77. The van der Waals surface area contributed by atoms with E-state index in [9.17, 15) is 9.59 Å². The quantitative estimate of drug-likeness (QED) is 0.899. The van der Waals surface area contributed by atoms with E-state index in [4.69, 9.17) is 4.74 Å². The van der Waals surface area contributed by atoms with Gasteiger partial charge in [-0.25, -0.2) is 9.48 Å². The predicted molar refractivity (Wildman–Crippen MR) is 99.8 cm³/mol. The van der Waals surface area contributed by atoms with E-state index in [0.717, 1.165) is 36.2 Å². The Labute approximate surface area is 158 Å². The molecule has 1 atom stereocenters. The first-order valence-electron chi connectivity index (χ1n) is 9.38. The summed E-state index contributed by atoms with van der Waals surface area (Å²) in [5.74, 6) is -0.161. The highest BCUT2D eigenvalue weighted by Gasteiger charge is 2.29. The maximum absolute atomic E-state index is 12.4. The molecule has 7 nitrogen and oxygen atoms in total. The van der Waals surface area contributed by atoms with Gasteiger partial charge in [-0.2, -0.15) is 5.10 Å². The summed E-state index contributed by atoms with van der Waals surface area (Å²) in [5, 5.41) is 7.66. The van der Waals surface area contributed by atoms with Gasteiger partial charge in [0.15, 0.2) is 0 Å². The molecule has 0 unspecified atom stereocenters. The van der Waals surface area contributed by atoms with E-state index in [0.29, 0.717) is 13.2 Å². The minimum absolute atomic E-state index is 0.0377. The number of cyclic esters (lactones) is 1. The van der Waals surface area contributed by atoms with Gasteiger partial charge in [0, 0.05) is 11.3 Å². The lowest BCUT2D eigenvalue weighted by Gasteiger charge is -2.25. The second-order valence-corrected chi connectivity index (χ2v) is 7.28. The van der Waals surface area contributed by atoms with Gasteiger partial charge in [-0.3, -0.25) is 9.69 Å². The molecule has 27 heavy (non-hydrogen) atoms. The second kappa shape index (κ2) is 7.06. The monoisotopic (exact) mass is 368 g/mol. The van der Waals surface area contributed by atoms with E-state index in [2.05, 4.69) is 42.5 Å². The normalized spacial score (nSPS) is 19.0. The Bertz CT molecular complexity index is 889. The zero-order chi connectivity index (χ0) is 19.0. The summed E-state index contributed by atoms with van der Waals surface area (Å²) in [6.07, 6.45) is 4.24. The first-order valence-corrected chi connectivity index (χ1v) is 9.38. The van der Waals surface area contributed by atoms with E-state index in [1.54, 1.807) is 0 Å². The van der Waals surface area contributed by atoms with Crippen LogP contribution in [0.1, 0.15) is 41.3 Å². The van der Waals surface area contributed by atoms with Crippen LogP contribution < -0.4 is 5.32 Å². The molecule has 1 N–H and O–H groups in total. The lowest BCUT2D eigenvalue weighted by molar-refractivity contribution is -0.122.